The van der Waals surface area contributed by atoms with Gasteiger partial charge in [-0.3, -0.25) is 4.79 Å². The second-order valence-electron chi connectivity index (χ2n) is 8.02. The van der Waals surface area contributed by atoms with Crippen molar-refractivity contribution < 1.29 is 9.90 Å². The maximum absolute atomic E-state index is 11.9. The summed E-state index contributed by atoms with van der Waals surface area (Å²) in [6, 6.07) is 14.3. The average Bonchev–Trinajstić information content (AvgIpc) is 2.74. The number of carboxylic acids is 1. The Morgan fingerprint density at radius 1 is 1.21 bits per heavy atom. The zero-order valence-corrected chi connectivity index (χ0v) is 17.9. The topological polar surface area (TPSA) is 78.6 Å². The number of thiocarbonyl (C=S) groups is 1. The van der Waals surface area contributed by atoms with Crippen molar-refractivity contribution in [3.8, 4) is 0 Å². The van der Waals surface area contributed by atoms with Crippen molar-refractivity contribution in [3.05, 3.63) is 42.5 Å². The summed E-state index contributed by atoms with van der Waals surface area (Å²) in [6.45, 7) is 1.45. The molecule has 0 bridgehead atoms. The molecule has 3 rings (SSSR count). The first-order chi connectivity index (χ1) is 14.0. The standard InChI is InChI=1S/C22H30BN3O2S/c23-13-4-3-12-22(24,20(27)28)17-10-14-26(15-11-17)21(29)25-19-9-5-7-16-6-1-2-8-18(16)19/h1-2,5-9,17H,3-4,10-15,23-24H2,(H,25,29)(H,27,28). The molecule has 1 atom stereocenters. The molecule has 1 unspecified atom stereocenters. The first kappa shape index (κ1) is 21.6. The minimum atomic E-state index is -1.13. The normalized spacial score (nSPS) is 17.1. The number of piperidine rings is 1. The molecule has 2 aromatic rings. The van der Waals surface area contributed by atoms with Crippen molar-refractivity contribution in [1.82, 2.24) is 4.90 Å². The summed E-state index contributed by atoms with van der Waals surface area (Å²) in [4.78, 5) is 14.0. The number of nitrogens with one attached hydrogen (secondary N) is 1. The van der Waals surface area contributed by atoms with E-state index in [-0.39, 0.29) is 5.92 Å². The van der Waals surface area contributed by atoms with Crippen LogP contribution in [0.5, 0.6) is 0 Å². The minimum Gasteiger partial charge on any atom is -0.480 e. The summed E-state index contributed by atoms with van der Waals surface area (Å²) in [5, 5.41) is 16.1. The summed E-state index contributed by atoms with van der Waals surface area (Å²) in [6.07, 6.45) is 4.96. The van der Waals surface area contributed by atoms with Crippen LogP contribution in [0.15, 0.2) is 42.5 Å². The Balaban J connectivity index is 1.62. The summed E-state index contributed by atoms with van der Waals surface area (Å²) in [5.41, 5.74) is 6.26. The highest BCUT2D eigenvalue weighted by molar-refractivity contribution is 7.80. The number of likely N-dealkylation sites (tertiary alicyclic amines) is 1. The van der Waals surface area contributed by atoms with E-state index in [9.17, 15) is 9.90 Å². The molecule has 0 radical (unpaired) electrons. The molecule has 0 aliphatic carbocycles. The second kappa shape index (κ2) is 9.59. The van der Waals surface area contributed by atoms with Crippen LogP contribution >= 0.6 is 12.2 Å². The van der Waals surface area contributed by atoms with E-state index in [1.165, 1.54) is 5.39 Å². The van der Waals surface area contributed by atoms with Gasteiger partial charge in [-0.05, 0) is 48.9 Å². The van der Waals surface area contributed by atoms with E-state index in [0.717, 1.165) is 56.2 Å². The third kappa shape index (κ3) is 4.90. The highest BCUT2D eigenvalue weighted by Gasteiger charge is 2.43. The second-order valence-corrected chi connectivity index (χ2v) is 8.41. The number of hydrogen-bond acceptors (Lipinski definition) is 3. The number of carboxylic acid groups (broad SMARTS) is 1. The van der Waals surface area contributed by atoms with E-state index in [1.807, 2.05) is 24.3 Å². The summed E-state index contributed by atoms with van der Waals surface area (Å²) in [5.74, 6) is -0.892. The fourth-order valence-corrected chi connectivity index (χ4v) is 4.57. The predicted molar refractivity (Wildman–Crippen MR) is 126 cm³/mol. The van der Waals surface area contributed by atoms with Crippen molar-refractivity contribution in [2.45, 2.75) is 44.0 Å². The van der Waals surface area contributed by atoms with Gasteiger partial charge in [0.1, 0.15) is 13.4 Å². The zero-order valence-electron chi connectivity index (χ0n) is 17.1. The van der Waals surface area contributed by atoms with Gasteiger partial charge >= 0.3 is 5.97 Å². The Kier molecular flexibility index (Phi) is 7.14. The third-order valence-corrected chi connectivity index (χ3v) is 6.49. The molecule has 1 saturated heterocycles. The number of aliphatic carboxylic acids is 1. The number of carbonyl (C=O) groups is 1. The molecule has 1 heterocycles. The number of hydrogen-bond donors (Lipinski definition) is 3. The molecule has 0 aromatic heterocycles. The van der Waals surface area contributed by atoms with Gasteiger partial charge in [0, 0.05) is 24.2 Å². The van der Waals surface area contributed by atoms with Crippen molar-refractivity contribution >= 4 is 47.6 Å². The molecule has 1 aliphatic heterocycles. The van der Waals surface area contributed by atoms with Crippen LogP contribution in [0.4, 0.5) is 5.69 Å². The van der Waals surface area contributed by atoms with Gasteiger partial charge in [-0.25, -0.2) is 0 Å². The van der Waals surface area contributed by atoms with E-state index < -0.39 is 11.5 Å². The monoisotopic (exact) mass is 411 g/mol. The number of nitrogens with zero attached hydrogens (tertiary/aromatic N) is 1. The smallest absolute Gasteiger partial charge is 0.323 e. The fourth-order valence-electron chi connectivity index (χ4n) is 4.28. The van der Waals surface area contributed by atoms with Crippen LogP contribution in [0.3, 0.4) is 0 Å². The van der Waals surface area contributed by atoms with E-state index in [1.54, 1.807) is 0 Å². The lowest BCUT2D eigenvalue weighted by molar-refractivity contribution is -0.146. The lowest BCUT2D eigenvalue weighted by atomic mass is 9.75. The lowest BCUT2D eigenvalue weighted by Gasteiger charge is -2.41. The molecule has 0 saturated carbocycles. The Morgan fingerprint density at radius 3 is 2.59 bits per heavy atom. The highest BCUT2D eigenvalue weighted by atomic mass is 32.1. The van der Waals surface area contributed by atoms with Crippen LogP contribution < -0.4 is 11.1 Å². The Labute approximate surface area is 179 Å². The molecular formula is C22H30BN3O2S. The van der Waals surface area contributed by atoms with Crippen molar-refractivity contribution in [2.24, 2.45) is 11.7 Å². The highest BCUT2D eigenvalue weighted by Crippen LogP contribution is 2.32. The molecule has 5 nitrogen and oxygen atoms in total. The van der Waals surface area contributed by atoms with E-state index in [0.29, 0.717) is 11.5 Å². The van der Waals surface area contributed by atoms with Crippen LogP contribution in [0.2, 0.25) is 6.32 Å². The molecule has 4 N–H and O–H groups in total. The van der Waals surface area contributed by atoms with Crippen LogP contribution in [-0.4, -0.2) is 47.6 Å². The van der Waals surface area contributed by atoms with Crippen LogP contribution in [-0.2, 0) is 4.79 Å². The Morgan fingerprint density at radius 2 is 1.90 bits per heavy atom. The van der Waals surface area contributed by atoms with Crippen LogP contribution in [0.1, 0.15) is 32.1 Å². The molecule has 0 amide bonds. The summed E-state index contributed by atoms with van der Waals surface area (Å²) >= 11 is 5.66. The van der Waals surface area contributed by atoms with E-state index >= 15 is 0 Å². The maximum Gasteiger partial charge on any atom is 0.323 e. The summed E-state index contributed by atoms with van der Waals surface area (Å²) in [7, 11) is 2.11. The van der Waals surface area contributed by atoms with Crippen LogP contribution in [0, 0.1) is 5.92 Å². The molecule has 1 aliphatic rings. The van der Waals surface area contributed by atoms with Gasteiger partial charge in [-0.2, -0.15) is 0 Å². The fraction of sp³-hybridized carbons (Fsp3) is 0.455. The van der Waals surface area contributed by atoms with Crippen molar-refractivity contribution in [2.75, 3.05) is 18.4 Å². The van der Waals surface area contributed by atoms with Gasteiger partial charge in [0.2, 0.25) is 0 Å². The van der Waals surface area contributed by atoms with Gasteiger partial charge < -0.3 is 21.1 Å². The molecule has 1 fully saturated rings. The maximum atomic E-state index is 11.9. The largest absolute Gasteiger partial charge is 0.480 e. The molecule has 7 heteroatoms. The third-order valence-electron chi connectivity index (χ3n) is 6.13. The van der Waals surface area contributed by atoms with Crippen molar-refractivity contribution in [3.63, 3.8) is 0 Å². The van der Waals surface area contributed by atoms with Crippen molar-refractivity contribution in [1.29, 1.82) is 0 Å². The van der Waals surface area contributed by atoms with Gasteiger partial charge in [-0.1, -0.05) is 55.6 Å². The number of rotatable bonds is 7. The molecule has 154 valence electrons. The number of nitrogens with two attached hydrogens (primary N) is 1. The summed E-state index contributed by atoms with van der Waals surface area (Å²) < 4.78 is 0. The number of benzene rings is 2. The van der Waals surface area contributed by atoms with E-state index in [4.69, 9.17) is 18.0 Å². The van der Waals surface area contributed by atoms with Gasteiger partial charge in [0.15, 0.2) is 5.11 Å². The molecular weight excluding hydrogens is 381 g/mol. The SMILES string of the molecule is BCCCCC(N)(C(=O)O)C1CCN(C(=S)Nc2cccc3ccccc23)CC1. The Bertz CT molecular complexity index is 865. The van der Waals surface area contributed by atoms with E-state index in [2.05, 4.69) is 36.3 Å². The molecule has 0 spiro atoms. The molecule has 2 aromatic carbocycles. The van der Waals surface area contributed by atoms with Gasteiger partial charge in [-0.15, -0.1) is 0 Å². The minimum absolute atomic E-state index is 0.0199. The predicted octanol–water partition coefficient (Wildman–Crippen LogP) is 3.25. The van der Waals surface area contributed by atoms with Gasteiger partial charge in [0.25, 0.3) is 0 Å². The Hall–Kier alpha value is -2.12. The number of fused-ring (bicyclic) bond motifs is 1. The first-order valence-electron chi connectivity index (χ1n) is 10.5. The number of unbranched alkanes of at least 4 members (excludes halogenated alkanes) is 1. The average molecular weight is 411 g/mol. The first-order valence-corrected chi connectivity index (χ1v) is 10.9. The van der Waals surface area contributed by atoms with Crippen LogP contribution in [0.25, 0.3) is 10.8 Å². The molecule has 29 heavy (non-hydrogen) atoms. The quantitative estimate of drug-likeness (QED) is 0.369. The lowest BCUT2D eigenvalue weighted by Crippen LogP contribution is -2.57. The number of anilines is 1. The zero-order chi connectivity index (χ0) is 20.9. The van der Waals surface area contributed by atoms with Gasteiger partial charge in [0.05, 0.1) is 0 Å².